The van der Waals surface area contributed by atoms with E-state index in [9.17, 15) is 39.5 Å². The third kappa shape index (κ3) is 3.98. The van der Waals surface area contributed by atoms with Crippen molar-refractivity contribution in [2.75, 3.05) is 0 Å². The van der Waals surface area contributed by atoms with Crippen molar-refractivity contribution in [2.45, 2.75) is 18.0 Å². The van der Waals surface area contributed by atoms with E-state index in [1.807, 2.05) is 0 Å². The smallest absolute Gasteiger partial charge is 1.00 e. The van der Waals surface area contributed by atoms with Crippen molar-refractivity contribution in [1.29, 1.82) is 0 Å². The van der Waals surface area contributed by atoms with Crippen LogP contribution < -0.4 is 24.0 Å². The van der Waals surface area contributed by atoms with Crippen molar-refractivity contribution in [3.8, 4) is 0 Å². The number of alkyl halides is 7. The number of halogens is 10. The molecule has 0 N–H and O–H groups in total. The molecule has 0 radical (unpaired) electrons. The molecular formula is C4F9IMg. The quantitative estimate of drug-likeness (QED) is 0.275. The Morgan fingerprint density at radius 1 is 0.733 bits per heavy atom. The zero-order valence-electron chi connectivity index (χ0n) is 6.49. The zero-order valence-corrected chi connectivity index (χ0v) is 10.1. The molecule has 88 valence electrons. The second kappa shape index (κ2) is 5.98. The maximum absolute atomic E-state index is 11.6. The minimum absolute atomic E-state index is 0. The predicted octanol–water partition coefficient (Wildman–Crippen LogP) is -0.129. The van der Waals surface area contributed by atoms with Crippen molar-refractivity contribution in [3.63, 3.8) is 0 Å². The predicted molar refractivity (Wildman–Crippen MR) is 27.2 cm³/mol. The Labute approximate surface area is 111 Å². The van der Waals surface area contributed by atoms with Gasteiger partial charge in [-0.1, -0.05) is 0 Å². The first-order valence-corrected chi connectivity index (χ1v) is 2.45. The molecule has 0 amide bonds. The van der Waals surface area contributed by atoms with Crippen LogP contribution in [0.3, 0.4) is 0 Å². The van der Waals surface area contributed by atoms with Crippen LogP contribution in [0, 0.1) is 6.43 Å². The van der Waals surface area contributed by atoms with E-state index >= 15 is 0 Å². The van der Waals surface area contributed by atoms with Crippen LogP contribution in [-0.2, 0) is 0 Å². The van der Waals surface area contributed by atoms with Crippen LogP contribution in [-0.4, -0.2) is 41.1 Å². The van der Waals surface area contributed by atoms with Crippen molar-refractivity contribution in [3.05, 3.63) is 6.43 Å². The second-order valence-electron chi connectivity index (χ2n) is 1.91. The number of hydrogen-bond donors (Lipinski definition) is 0. The van der Waals surface area contributed by atoms with E-state index in [-0.39, 0.29) is 47.0 Å². The minimum atomic E-state index is -6.77. The molecule has 0 aromatic rings. The summed E-state index contributed by atoms with van der Waals surface area (Å²) < 4.78 is 102. The maximum Gasteiger partial charge on any atom is 2.00 e. The molecule has 0 aromatic carbocycles. The van der Waals surface area contributed by atoms with E-state index in [4.69, 9.17) is 0 Å². The third-order valence-electron chi connectivity index (χ3n) is 0.988. The largest absolute Gasteiger partial charge is 2.00 e. The van der Waals surface area contributed by atoms with Crippen molar-refractivity contribution in [1.82, 2.24) is 0 Å². The molecule has 0 nitrogen and oxygen atoms in total. The fourth-order valence-corrected chi connectivity index (χ4v) is 0.297. The second-order valence-corrected chi connectivity index (χ2v) is 1.91. The SMILES string of the molecule is F[C-](F)C(F)(F)C(F)(F)C(F)(F)F.[I-].[Mg+2]. The van der Waals surface area contributed by atoms with E-state index in [2.05, 4.69) is 0 Å². The standard InChI is InChI=1S/C4F9.HI.Mg/c5-1(6)2(7,8)3(9,10)4(11,12)13;;/h;1H;/q-1;;+2/p-1. The van der Waals surface area contributed by atoms with Gasteiger partial charge in [0.2, 0.25) is 0 Å². The zero-order chi connectivity index (χ0) is 11.1. The average Bonchev–Trinajstić information content (AvgIpc) is 1.84. The summed E-state index contributed by atoms with van der Waals surface area (Å²) in [5.74, 6) is -13.3. The van der Waals surface area contributed by atoms with Gasteiger partial charge in [-0.25, -0.2) is 8.78 Å². The summed E-state index contributed by atoms with van der Waals surface area (Å²) in [6, 6.07) is 0. The van der Waals surface area contributed by atoms with Crippen molar-refractivity contribution < 1.29 is 63.5 Å². The molecule has 0 fully saturated rings. The van der Waals surface area contributed by atoms with Gasteiger partial charge in [-0.3, -0.25) is 0 Å². The Morgan fingerprint density at radius 3 is 1.07 bits per heavy atom. The van der Waals surface area contributed by atoms with Crippen molar-refractivity contribution in [2.24, 2.45) is 0 Å². The van der Waals surface area contributed by atoms with Crippen LogP contribution in [0.25, 0.3) is 0 Å². The molecule has 11 heteroatoms. The average molecular weight is 370 g/mol. The van der Waals surface area contributed by atoms with Crippen LogP contribution in [0.2, 0.25) is 0 Å². The summed E-state index contributed by atoms with van der Waals surface area (Å²) in [6.45, 7) is 0. The van der Waals surface area contributed by atoms with Crippen LogP contribution >= 0.6 is 0 Å². The fourth-order valence-electron chi connectivity index (χ4n) is 0.297. The summed E-state index contributed by atoms with van der Waals surface area (Å²) in [4.78, 5) is 0. The number of rotatable bonds is 2. The van der Waals surface area contributed by atoms with E-state index < -0.39 is 24.4 Å². The van der Waals surface area contributed by atoms with Crippen LogP contribution in [0.4, 0.5) is 39.5 Å². The minimum Gasteiger partial charge on any atom is -1.00 e. The van der Waals surface area contributed by atoms with Gasteiger partial charge in [-0.2, -0.15) is 22.0 Å². The van der Waals surface area contributed by atoms with Gasteiger partial charge < -0.3 is 32.8 Å². The molecule has 0 rings (SSSR count). The van der Waals surface area contributed by atoms with Crippen LogP contribution in [0.5, 0.6) is 0 Å². The molecule has 0 atom stereocenters. The molecular weight excluding hydrogens is 370 g/mol. The topological polar surface area (TPSA) is 0 Å². The summed E-state index contributed by atoms with van der Waals surface area (Å²) in [6.07, 6.45) is -11.0. The third-order valence-corrected chi connectivity index (χ3v) is 0.988. The molecule has 0 unspecified atom stereocenters. The molecule has 0 aromatic heterocycles. The molecule has 0 saturated carbocycles. The molecule has 0 spiro atoms. The molecule has 0 aliphatic rings. The first-order valence-electron chi connectivity index (χ1n) is 2.45. The molecule has 0 saturated heterocycles. The van der Waals surface area contributed by atoms with Gasteiger partial charge in [0.1, 0.15) is 0 Å². The fraction of sp³-hybridized carbons (Fsp3) is 0.750. The van der Waals surface area contributed by atoms with Gasteiger partial charge >= 0.3 is 35.2 Å². The molecule has 0 aliphatic carbocycles. The first kappa shape index (κ1) is 21.2. The molecule has 0 bridgehead atoms. The Bertz CT molecular complexity index is 187. The Hall–Kier alpha value is 0.866. The monoisotopic (exact) mass is 370 g/mol. The van der Waals surface area contributed by atoms with E-state index in [1.54, 1.807) is 0 Å². The normalized spacial score (nSPS) is 13.2. The maximum atomic E-state index is 11.6. The summed E-state index contributed by atoms with van der Waals surface area (Å²) in [7, 11) is 0. The molecule has 15 heavy (non-hydrogen) atoms. The van der Waals surface area contributed by atoms with E-state index in [1.165, 1.54) is 0 Å². The Balaban J connectivity index is -0.000000720. The van der Waals surface area contributed by atoms with E-state index in [0.717, 1.165) is 0 Å². The van der Waals surface area contributed by atoms with Gasteiger partial charge in [-0.15, -0.1) is 0 Å². The van der Waals surface area contributed by atoms with E-state index in [0.29, 0.717) is 0 Å². The Kier molecular flexibility index (Phi) is 8.44. The summed E-state index contributed by atoms with van der Waals surface area (Å²) >= 11 is 0. The number of hydrogen-bond acceptors (Lipinski definition) is 0. The van der Waals surface area contributed by atoms with Gasteiger partial charge in [0.05, 0.1) is 6.43 Å². The summed E-state index contributed by atoms with van der Waals surface area (Å²) in [5, 5.41) is 0. The van der Waals surface area contributed by atoms with Gasteiger partial charge in [0.25, 0.3) is 5.92 Å². The Morgan fingerprint density at radius 2 is 1.00 bits per heavy atom. The van der Waals surface area contributed by atoms with Crippen LogP contribution in [0.15, 0.2) is 0 Å². The first-order chi connectivity index (χ1) is 5.44. The summed E-state index contributed by atoms with van der Waals surface area (Å²) in [5.41, 5.74) is 0. The van der Waals surface area contributed by atoms with Gasteiger partial charge in [0, 0.05) is 0 Å². The van der Waals surface area contributed by atoms with Gasteiger partial charge in [0.15, 0.2) is 0 Å². The molecule has 0 aliphatic heterocycles. The van der Waals surface area contributed by atoms with Crippen LogP contribution in [0.1, 0.15) is 0 Å². The van der Waals surface area contributed by atoms with Gasteiger partial charge in [-0.05, 0) is 0 Å². The van der Waals surface area contributed by atoms with Crippen molar-refractivity contribution >= 4 is 23.1 Å². The molecule has 0 heterocycles.